The highest BCUT2D eigenvalue weighted by molar-refractivity contribution is 7.13. The molecule has 0 spiro atoms. The van der Waals surface area contributed by atoms with Gasteiger partial charge in [-0.15, -0.1) is 11.3 Å². The fourth-order valence-corrected chi connectivity index (χ4v) is 2.54. The number of halogens is 1. The van der Waals surface area contributed by atoms with Crippen LogP contribution in [0, 0.1) is 24.6 Å². The van der Waals surface area contributed by atoms with Crippen LogP contribution in [0.3, 0.4) is 0 Å². The summed E-state index contributed by atoms with van der Waals surface area (Å²) in [6.45, 7) is 2.31. The molecule has 1 amide bonds. The van der Waals surface area contributed by atoms with Crippen LogP contribution in [-0.2, 0) is 6.54 Å². The van der Waals surface area contributed by atoms with Gasteiger partial charge in [-0.2, -0.15) is 0 Å². The van der Waals surface area contributed by atoms with Crippen LogP contribution in [0.1, 0.15) is 25.7 Å². The van der Waals surface area contributed by atoms with E-state index in [-0.39, 0.29) is 24.8 Å². The Hall–Kier alpha value is -2.16. The quantitative estimate of drug-likeness (QED) is 0.856. The molecule has 0 radical (unpaired) electrons. The summed E-state index contributed by atoms with van der Waals surface area (Å²) >= 11 is 1.41. The van der Waals surface area contributed by atoms with E-state index in [9.17, 15) is 9.18 Å². The minimum Gasteiger partial charge on any atom is -0.347 e. The minimum atomic E-state index is -0.365. The van der Waals surface area contributed by atoms with Crippen LogP contribution >= 0.6 is 11.3 Å². The lowest BCUT2D eigenvalue weighted by Crippen LogP contribution is -2.22. The Morgan fingerprint density at radius 1 is 1.38 bits per heavy atom. The second kappa shape index (κ2) is 7.02. The lowest BCUT2D eigenvalue weighted by molar-refractivity contribution is 0.0954. The summed E-state index contributed by atoms with van der Waals surface area (Å²) in [6, 6.07) is 8.19. The van der Waals surface area contributed by atoms with Crippen LogP contribution in [0.15, 0.2) is 30.3 Å². The highest BCUT2D eigenvalue weighted by atomic mass is 32.1. The first kappa shape index (κ1) is 15.2. The Morgan fingerprint density at radius 2 is 2.19 bits per heavy atom. The van der Waals surface area contributed by atoms with Crippen LogP contribution in [-0.4, -0.2) is 12.5 Å². The number of nitrogens with one attached hydrogen (secondary N) is 1. The van der Waals surface area contributed by atoms with Gasteiger partial charge < -0.3 is 11.1 Å². The monoisotopic (exact) mass is 302 g/mol. The van der Waals surface area contributed by atoms with E-state index < -0.39 is 0 Å². The van der Waals surface area contributed by atoms with Gasteiger partial charge in [0.1, 0.15) is 5.82 Å². The van der Waals surface area contributed by atoms with Crippen molar-refractivity contribution >= 4 is 17.2 Å². The lowest BCUT2D eigenvalue weighted by Gasteiger charge is -2.06. The van der Waals surface area contributed by atoms with E-state index in [0.29, 0.717) is 16.0 Å². The van der Waals surface area contributed by atoms with Crippen LogP contribution < -0.4 is 11.1 Å². The molecule has 0 saturated carbocycles. The first-order chi connectivity index (χ1) is 10.1. The molecule has 0 fully saturated rings. The number of thiophene rings is 1. The fraction of sp³-hybridized carbons (Fsp3) is 0.188. The van der Waals surface area contributed by atoms with Crippen LogP contribution in [0.2, 0.25) is 0 Å². The third-order valence-corrected chi connectivity index (χ3v) is 3.78. The van der Waals surface area contributed by atoms with Gasteiger partial charge in [0.15, 0.2) is 0 Å². The summed E-state index contributed by atoms with van der Waals surface area (Å²) in [6.07, 6.45) is 0. The molecule has 0 atom stereocenters. The fourth-order valence-electron chi connectivity index (χ4n) is 1.76. The van der Waals surface area contributed by atoms with Crippen molar-refractivity contribution in [3.05, 3.63) is 57.0 Å². The number of hydrogen-bond donors (Lipinski definition) is 2. The molecule has 0 aliphatic heterocycles. The Labute approximate surface area is 127 Å². The average molecular weight is 302 g/mol. The van der Waals surface area contributed by atoms with Gasteiger partial charge in [-0.05, 0) is 37.3 Å². The van der Waals surface area contributed by atoms with Crippen molar-refractivity contribution in [3.8, 4) is 11.8 Å². The summed E-state index contributed by atoms with van der Waals surface area (Å²) in [4.78, 5) is 13.6. The van der Waals surface area contributed by atoms with E-state index >= 15 is 0 Å². The Morgan fingerprint density at radius 3 is 2.86 bits per heavy atom. The van der Waals surface area contributed by atoms with Gasteiger partial charge >= 0.3 is 0 Å². The SMILES string of the molecule is Cc1ccc(C(=O)NCc2cc(C#CCN)ccc2F)s1. The molecule has 0 bridgehead atoms. The molecule has 0 aliphatic rings. The Balaban J connectivity index is 2.07. The molecule has 1 aromatic carbocycles. The number of rotatable bonds is 3. The third kappa shape index (κ3) is 4.15. The number of amides is 1. The largest absolute Gasteiger partial charge is 0.347 e. The molecular weight excluding hydrogens is 287 g/mol. The zero-order valence-corrected chi connectivity index (χ0v) is 12.4. The van der Waals surface area contributed by atoms with Crippen LogP contribution in [0.4, 0.5) is 4.39 Å². The maximum absolute atomic E-state index is 13.7. The molecule has 0 unspecified atom stereocenters. The molecule has 0 saturated heterocycles. The summed E-state index contributed by atoms with van der Waals surface area (Å²) in [7, 11) is 0. The van der Waals surface area contributed by atoms with Crippen LogP contribution in [0.5, 0.6) is 0 Å². The average Bonchev–Trinajstić information content (AvgIpc) is 2.91. The van der Waals surface area contributed by atoms with E-state index in [2.05, 4.69) is 17.2 Å². The number of nitrogens with two attached hydrogens (primary N) is 1. The van der Waals surface area contributed by atoms with Crippen molar-refractivity contribution in [1.29, 1.82) is 0 Å². The molecule has 2 aromatic rings. The number of hydrogen-bond acceptors (Lipinski definition) is 3. The summed E-state index contributed by atoms with van der Waals surface area (Å²) in [5.41, 5.74) is 6.39. The minimum absolute atomic E-state index is 0.125. The molecule has 108 valence electrons. The highest BCUT2D eigenvalue weighted by Gasteiger charge is 2.09. The van der Waals surface area contributed by atoms with E-state index in [1.165, 1.54) is 17.4 Å². The van der Waals surface area contributed by atoms with Crippen molar-refractivity contribution < 1.29 is 9.18 Å². The van der Waals surface area contributed by atoms with Gasteiger partial charge in [0.25, 0.3) is 5.91 Å². The normalized spacial score (nSPS) is 9.86. The maximum atomic E-state index is 13.7. The number of carbonyl (C=O) groups excluding carboxylic acids is 1. The first-order valence-corrected chi connectivity index (χ1v) is 7.24. The Bertz CT molecular complexity index is 713. The van der Waals surface area contributed by atoms with Gasteiger partial charge in [-0.1, -0.05) is 11.8 Å². The molecule has 5 heteroatoms. The van der Waals surface area contributed by atoms with Crippen molar-refractivity contribution in [1.82, 2.24) is 5.32 Å². The summed E-state index contributed by atoms with van der Waals surface area (Å²) in [5.74, 6) is 4.99. The van der Waals surface area contributed by atoms with Crippen molar-refractivity contribution in [2.24, 2.45) is 5.73 Å². The van der Waals surface area contributed by atoms with Crippen LogP contribution in [0.25, 0.3) is 0 Å². The predicted octanol–water partition coefficient (Wildman–Crippen LogP) is 2.44. The standard InChI is InChI=1S/C16H15FN2OS/c1-11-4-7-15(21-11)16(20)19-10-13-9-12(3-2-8-18)5-6-14(13)17/h4-7,9H,8,10,18H2,1H3,(H,19,20). The summed E-state index contributed by atoms with van der Waals surface area (Å²) < 4.78 is 13.7. The first-order valence-electron chi connectivity index (χ1n) is 6.42. The second-order valence-electron chi connectivity index (χ2n) is 4.41. The number of benzene rings is 1. The molecule has 1 heterocycles. The van der Waals surface area contributed by atoms with Crippen molar-refractivity contribution in [3.63, 3.8) is 0 Å². The maximum Gasteiger partial charge on any atom is 0.261 e. The molecule has 3 nitrogen and oxygen atoms in total. The Kier molecular flexibility index (Phi) is 5.09. The van der Waals surface area contributed by atoms with Crippen molar-refractivity contribution in [2.45, 2.75) is 13.5 Å². The molecule has 1 aromatic heterocycles. The number of aryl methyl sites for hydroxylation is 1. The molecule has 3 N–H and O–H groups in total. The topological polar surface area (TPSA) is 55.1 Å². The molecule has 2 rings (SSSR count). The van der Waals surface area contributed by atoms with Gasteiger partial charge in [0.2, 0.25) is 0 Å². The van der Waals surface area contributed by atoms with Gasteiger partial charge in [0.05, 0.1) is 11.4 Å². The lowest BCUT2D eigenvalue weighted by atomic mass is 10.1. The second-order valence-corrected chi connectivity index (χ2v) is 5.69. The zero-order chi connectivity index (χ0) is 15.2. The van der Waals surface area contributed by atoms with Gasteiger partial charge in [-0.3, -0.25) is 4.79 Å². The van der Waals surface area contributed by atoms with E-state index in [1.54, 1.807) is 18.2 Å². The van der Waals surface area contributed by atoms with E-state index in [4.69, 9.17) is 5.73 Å². The highest BCUT2D eigenvalue weighted by Crippen LogP contribution is 2.15. The van der Waals surface area contributed by atoms with E-state index in [1.807, 2.05) is 13.0 Å². The van der Waals surface area contributed by atoms with Crippen molar-refractivity contribution in [2.75, 3.05) is 6.54 Å². The predicted molar refractivity (Wildman–Crippen MR) is 82.6 cm³/mol. The third-order valence-electron chi connectivity index (χ3n) is 2.78. The van der Waals surface area contributed by atoms with Gasteiger partial charge in [-0.25, -0.2) is 4.39 Å². The molecule has 21 heavy (non-hydrogen) atoms. The molecule has 0 aliphatic carbocycles. The zero-order valence-electron chi connectivity index (χ0n) is 11.6. The number of carbonyl (C=O) groups is 1. The summed E-state index contributed by atoms with van der Waals surface area (Å²) in [5, 5.41) is 2.71. The van der Waals surface area contributed by atoms with E-state index in [0.717, 1.165) is 4.88 Å². The molecular formula is C16H15FN2OS. The smallest absolute Gasteiger partial charge is 0.261 e. The van der Waals surface area contributed by atoms with Gasteiger partial charge in [0, 0.05) is 22.5 Å².